The Kier molecular flexibility index (Phi) is 8.98. The fourth-order valence-corrected chi connectivity index (χ4v) is 3.93. The molecule has 4 atom stereocenters. The predicted octanol–water partition coefficient (Wildman–Crippen LogP) is 3.30. The first kappa shape index (κ1) is 26.0. The second-order valence-electron chi connectivity index (χ2n) is 9.02. The summed E-state index contributed by atoms with van der Waals surface area (Å²) in [5.74, 6) is -2.26. The molecule has 0 aromatic heterocycles. The number of ether oxygens (including phenoxy) is 3. The number of nitrogens with one attached hydrogen (secondary N) is 1. The van der Waals surface area contributed by atoms with Gasteiger partial charge in [-0.05, 0) is 45.7 Å². The van der Waals surface area contributed by atoms with Crippen molar-refractivity contribution in [1.29, 1.82) is 0 Å². The number of hydrogen-bond acceptors (Lipinski definition) is 5. The van der Waals surface area contributed by atoms with Gasteiger partial charge in [0.2, 0.25) is 5.91 Å². The fraction of sp³-hybridized carbons (Fsp3) is 0.652. The fourth-order valence-electron chi connectivity index (χ4n) is 3.93. The third-order valence-electron chi connectivity index (χ3n) is 5.56. The zero-order valence-corrected chi connectivity index (χ0v) is 19.6. The van der Waals surface area contributed by atoms with Gasteiger partial charge in [0, 0.05) is 26.3 Å². The molecule has 0 bridgehead atoms. The molecule has 1 aromatic carbocycles. The van der Waals surface area contributed by atoms with Crippen LogP contribution < -0.4 is 5.32 Å². The molecule has 1 aliphatic rings. The smallest absolute Gasteiger partial charge is 0.410 e. The van der Waals surface area contributed by atoms with E-state index in [4.69, 9.17) is 14.2 Å². The number of methoxy groups -OCH3 is 2. The average Bonchev–Trinajstić information content (AvgIpc) is 3.13. The van der Waals surface area contributed by atoms with Gasteiger partial charge in [0.1, 0.15) is 17.2 Å². The van der Waals surface area contributed by atoms with Gasteiger partial charge in [0.25, 0.3) is 0 Å². The summed E-state index contributed by atoms with van der Waals surface area (Å²) < 4.78 is 44.2. The summed E-state index contributed by atoms with van der Waals surface area (Å²) in [5, 5.41) is 2.71. The number of amides is 2. The Labute approximate surface area is 188 Å². The zero-order chi connectivity index (χ0) is 24.1. The topological polar surface area (TPSA) is 77.1 Å². The first-order chi connectivity index (χ1) is 15.0. The molecular formula is C23H34F2N2O5. The van der Waals surface area contributed by atoms with Gasteiger partial charge in [0.15, 0.2) is 0 Å². The van der Waals surface area contributed by atoms with Crippen LogP contribution in [-0.4, -0.2) is 68.1 Å². The van der Waals surface area contributed by atoms with Gasteiger partial charge in [-0.15, -0.1) is 0 Å². The van der Waals surface area contributed by atoms with Gasteiger partial charge in [-0.2, -0.15) is 0 Å². The monoisotopic (exact) mass is 456 g/mol. The van der Waals surface area contributed by atoms with E-state index in [1.807, 2.05) is 0 Å². The first-order valence-electron chi connectivity index (χ1n) is 10.7. The van der Waals surface area contributed by atoms with E-state index in [0.717, 1.165) is 0 Å². The van der Waals surface area contributed by atoms with Crippen molar-refractivity contribution in [2.75, 3.05) is 27.3 Å². The summed E-state index contributed by atoms with van der Waals surface area (Å²) in [6.07, 6.45) is -0.802. The molecule has 1 aromatic rings. The quantitative estimate of drug-likeness (QED) is 0.650. The molecule has 0 spiro atoms. The summed E-state index contributed by atoms with van der Waals surface area (Å²) in [4.78, 5) is 27.1. The molecule has 1 saturated heterocycles. The van der Waals surface area contributed by atoms with E-state index in [1.54, 1.807) is 39.7 Å². The first-order valence-corrected chi connectivity index (χ1v) is 10.7. The lowest BCUT2D eigenvalue weighted by Crippen LogP contribution is -2.50. The number of carbonyl (C=O) groups is 2. The molecule has 32 heavy (non-hydrogen) atoms. The maximum Gasteiger partial charge on any atom is 0.410 e. The Balaban J connectivity index is 2.05. The van der Waals surface area contributed by atoms with Crippen molar-refractivity contribution in [3.8, 4) is 0 Å². The van der Waals surface area contributed by atoms with E-state index < -0.39 is 41.4 Å². The molecule has 0 radical (unpaired) electrons. The van der Waals surface area contributed by atoms with Crippen molar-refractivity contribution < 1.29 is 32.6 Å². The lowest BCUT2D eigenvalue weighted by Gasteiger charge is -2.34. The summed E-state index contributed by atoms with van der Waals surface area (Å²) in [5.41, 5.74) is -0.737. The van der Waals surface area contributed by atoms with Crippen LogP contribution in [-0.2, 0) is 25.4 Å². The van der Waals surface area contributed by atoms with Gasteiger partial charge < -0.3 is 19.5 Å². The van der Waals surface area contributed by atoms with Crippen molar-refractivity contribution in [2.45, 2.75) is 64.4 Å². The molecule has 2 amide bonds. The van der Waals surface area contributed by atoms with Gasteiger partial charge in [-0.3, -0.25) is 9.69 Å². The van der Waals surface area contributed by atoms with Crippen LogP contribution in [0.15, 0.2) is 18.2 Å². The van der Waals surface area contributed by atoms with Crippen LogP contribution >= 0.6 is 0 Å². The SMILES string of the molecule is COC1CC([C@H](OC)[C@@H](C)C(=O)NCCc2c(F)cccc2F)N(C(=O)OC(C)(C)C)C1. The molecule has 0 saturated carbocycles. The normalized spacial score (nSPS) is 20.7. The van der Waals surface area contributed by atoms with Crippen LogP contribution in [0.25, 0.3) is 0 Å². The van der Waals surface area contributed by atoms with Crippen molar-refractivity contribution in [3.05, 3.63) is 35.4 Å². The van der Waals surface area contributed by atoms with Crippen LogP contribution in [0.3, 0.4) is 0 Å². The maximum atomic E-state index is 13.8. The second-order valence-corrected chi connectivity index (χ2v) is 9.02. The number of rotatable bonds is 8. The van der Waals surface area contributed by atoms with Gasteiger partial charge in [-0.1, -0.05) is 13.0 Å². The van der Waals surface area contributed by atoms with Crippen LogP contribution in [0, 0.1) is 17.6 Å². The van der Waals surface area contributed by atoms with Crippen molar-refractivity contribution in [2.24, 2.45) is 5.92 Å². The van der Waals surface area contributed by atoms with E-state index in [9.17, 15) is 18.4 Å². The zero-order valence-electron chi connectivity index (χ0n) is 19.6. The molecule has 1 aliphatic heterocycles. The van der Waals surface area contributed by atoms with Crippen LogP contribution in [0.1, 0.15) is 39.7 Å². The molecule has 0 aliphatic carbocycles. The van der Waals surface area contributed by atoms with Gasteiger partial charge >= 0.3 is 6.09 Å². The second kappa shape index (κ2) is 11.0. The predicted molar refractivity (Wildman–Crippen MR) is 115 cm³/mol. The van der Waals surface area contributed by atoms with E-state index in [2.05, 4.69) is 5.32 Å². The Hall–Kier alpha value is -2.26. The summed E-state index contributed by atoms with van der Waals surface area (Å²) in [6.45, 7) is 7.44. The molecular weight excluding hydrogens is 422 g/mol. The molecule has 1 N–H and O–H groups in total. The molecule has 1 heterocycles. The van der Waals surface area contributed by atoms with Crippen LogP contribution in [0.5, 0.6) is 0 Å². The van der Waals surface area contributed by atoms with Crippen molar-refractivity contribution in [3.63, 3.8) is 0 Å². The van der Waals surface area contributed by atoms with E-state index >= 15 is 0 Å². The molecule has 7 nitrogen and oxygen atoms in total. The Morgan fingerprint density at radius 2 is 1.84 bits per heavy atom. The van der Waals surface area contributed by atoms with E-state index in [0.29, 0.717) is 13.0 Å². The number of nitrogens with zero attached hydrogens (tertiary/aromatic N) is 1. The highest BCUT2D eigenvalue weighted by Crippen LogP contribution is 2.29. The highest BCUT2D eigenvalue weighted by atomic mass is 19.1. The minimum Gasteiger partial charge on any atom is -0.444 e. The Morgan fingerprint density at radius 3 is 2.38 bits per heavy atom. The largest absolute Gasteiger partial charge is 0.444 e. The maximum absolute atomic E-state index is 13.8. The minimum absolute atomic E-state index is 0.0217. The third-order valence-corrected chi connectivity index (χ3v) is 5.56. The summed E-state index contributed by atoms with van der Waals surface area (Å²) in [6, 6.07) is 3.23. The van der Waals surface area contributed by atoms with E-state index in [-0.39, 0.29) is 30.5 Å². The summed E-state index contributed by atoms with van der Waals surface area (Å²) in [7, 11) is 3.05. The number of carbonyl (C=O) groups excluding carboxylic acids is 2. The lowest BCUT2D eigenvalue weighted by molar-refractivity contribution is -0.130. The average molecular weight is 457 g/mol. The van der Waals surface area contributed by atoms with Crippen LogP contribution in [0.4, 0.5) is 13.6 Å². The lowest BCUT2D eigenvalue weighted by atomic mass is 9.94. The molecule has 1 fully saturated rings. The van der Waals surface area contributed by atoms with Gasteiger partial charge in [0.05, 0.1) is 30.7 Å². The number of likely N-dealkylation sites (tertiary alicyclic amines) is 1. The highest BCUT2D eigenvalue weighted by molar-refractivity contribution is 5.79. The summed E-state index contributed by atoms with van der Waals surface area (Å²) >= 11 is 0. The number of halogens is 2. The molecule has 2 unspecified atom stereocenters. The molecule has 2 rings (SSSR count). The van der Waals surface area contributed by atoms with Gasteiger partial charge in [-0.25, -0.2) is 13.6 Å². The Morgan fingerprint density at radius 1 is 1.22 bits per heavy atom. The van der Waals surface area contributed by atoms with Crippen molar-refractivity contribution >= 4 is 12.0 Å². The Bertz CT molecular complexity index is 779. The minimum atomic E-state index is -0.666. The molecule has 180 valence electrons. The standard InChI is InChI=1S/C23H34F2N2O5/c1-14(21(28)26-11-10-16-17(24)8-7-9-18(16)25)20(31-6)19-12-15(30-5)13-27(19)22(29)32-23(2,3)4/h7-9,14-15,19-20H,10-13H2,1-6H3,(H,26,28)/t14-,15?,19?,20-/m1/s1. The highest BCUT2D eigenvalue weighted by Gasteiger charge is 2.45. The third kappa shape index (κ3) is 6.62. The van der Waals surface area contributed by atoms with Crippen LogP contribution in [0.2, 0.25) is 0 Å². The number of benzene rings is 1. The van der Waals surface area contributed by atoms with E-state index in [1.165, 1.54) is 25.3 Å². The van der Waals surface area contributed by atoms with Crippen molar-refractivity contribution in [1.82, 2.24) is 10.2 Å². The molecule has 9 heteroatoms. The number of hydrogen-bond donors (Lipinski definition) is 1.